The van der Waals surface area contributed by atoms with Crippen molar-refractivity contribution in [1.29, 1.82) is 0 Å². The quantitative estimate of drug-likeness (QED) is 0.739. The third kappa shape index (κ3) is 4.59. The summed E-state index contributed by atoms with van der Waals surface area (Å²) in [6, 6.07) is 6.26. The van der Waals surface area contributed by atoms with Crippen LogP contribution in [-0.2, 0) is 4.79 Å². The molecular formula is C13H19N3O3. The van der Waals surface area contributed by atoms with Crippen molar-refractivity contribution in [2.75, 3.05) is 0 Å². The second kappa shape index (κ2) is 6.75. The van der Waals surface area contributed by atoms with Crippen LogP contribution in [0, 0.1) is 0 Å². The lowest BCUT2D eigenvalue weighted by Gasteiger charge is -2.14. The van der Waals surface area contributed by atoms with Crippen LogP contribution in [0.4, 0.5) is 4.79 Å². The highest BCUT2D eigenvalue weighted by atomic mass is 16.5. The molecule has 0 heterocycles. The number of nitrogens with one attached hydrogen (secondary N) is 1. The van der Waals surface area contributed by atoms with Crippen LogP contribution in [0.2, 0.25) is 0 Å². The molecule has 1 aromatic rings. The molecule has 3 amide bonds. The van der Waals surface area contributed by atoms with Gasteiger partial charge in [-0.1, -0.05) is 19.1 Å². The van der Waals surface area contributed by atoms with E-state index in [0.29, 0.717) is 5.75 Å². The first kappa shape index (κ1) is 15.0. The van der Waals surface area contributed by atoms with E-state index in [9.17, 15) is 9.59 Å². The summed E-state index contributed by atoms with van der Waals surface area (Å²) in [6.45, 7) is 3.54. The van der Waals surface area contributed by atoms with Crippen LogP contribution in [-0.4, -0.2) is 18.0 Å². The Morgan fingerprint density at radius 1 is 1.32 bits per heavy atom. The van der Waals surface area contributed by atoms with Gasteiger partial charge in [0.1, 0.15) is 5.75 Å². The number of hydrogen-bond donors (Lipinski definition) is 3. The number of rotatable bonds is 5. The molecule has 1 rings (SSSR count). The number of hydrogen-bond acceptors (Lipinski definition) is 4. The molecule has 0 radical (unpaired) electrons. The van der Waals surface area contributed by atoms with E-state index < -0.39 is 18.0 Å². The van der Waals surface area contributed by atoms with Gasteiger partial charge >= 0.3 is 6.03 Å². The summed E-state index contributed by atoms with van der Waals surface area (Å²) >= 11 is 0. The largest absolute Gasteiger partial charge is 0.481 e. The average Bonchev–Trinajstić information content (AvgIpc) is 2.37. The fraction of sp³-hybridized carbons (Fsp3) is 0.385. The number of urea groups is 1. The molecule has 104 valence electrons. The Hall–Kier alpha value is -2.08. The van der Waals surface area contributed by atoms with Crippen molar-refractivity contribution >= 4 is 11.9 Å². The van der Waals surface area contributed by atoms with Crippen molar-refractivity contribution in [3.8, 4) is 5.75 Å². The second-order valence-corrected chi connectivity index (χ2v) is 4.20. The fourth-order valence-electron chi connectivity index (χ4n) is 1.51. The minimum atomic E-state index is -0.898. The monoisotopic (exact) mass is 265 g/mol. The minimum absolute atomic E-state index is 0.00960. The molecule has 0 saturated carbocycles. The van der Waals surface area contributed by atoms with Crippen LogP contribution < -0.4 is 21.5 Å². The van der Waals surface area contributed by atoms with Crippen LogP contribution >= 0.6 is 0 Å². The molecule has 0 fully saturated rings. The first-order valence-electron chi connectivity index (χ1n) is 6.06. The summed E-state index contributed by atoms with van der Waals surface area (Å²) in [6.07, 6.45) is 0.0376. The molecule has 5 N–H and O–H groups in total. The number of amides is 3. The van der Waals surface area contributed by atoms with E-state index in [0.717, 1.165) is 12.0 Å². The van der Waals surface area contributed by atoms with Crippen LogP contribution in [0.1, 0.15) is 31.9 Å². The molecule has 2 atom stereocenters. The maximum atomic E-state index is 11.4. The maximum Gasteiger partial charge on any atom is 0.318 e. The van der Waals surface area contributed by atoms with Gasteiger partial charge in [-0.05, 0) is 31.0 Å². The SMILES string of the molecule is CC[C@@H](N)c1ccc(OC(C)C(=O)NC(N)=O)cc1. The summed E-state index contributed by atoms with van der Waals surface area (Å²) in [5.74, 6) is -0.0546. The van der Waals surface area contributed by atoms with Crippen LogP contribution in [0.15, 0.2) is 24.3 Å². The summed E-state index contributed by atoms with van der Waals surface area (Å²) in [7, 11) is 0. The average molecular weight is 265 g/mol. The van der Waals surface area contributed by atoms with E-state index >= 15 is 0 Å². The predicted molar refractivity (Wildman–Crippen MR) is 71.5 cm³/mol. The van der Waals surface area contributed by atoms with E-state index in [1.54, 1.807) is 12.1 Å². The number of imide groups is 1. The summed E-state index contributed by atoms with van der Waals surface area (Å²) in [5.41, 5.74) is 11.7. The molecule has 0 spiro atoms. The molecule has 6 heteroatoms. The third-order valence-corrected chi connectivity index (χ3v) is 2.68. The fourth-order valence-corrected chi connectivity index (χ4v) is 1.51. The van der Waals surface area contributed by atoms with Gasteiger partial charge in [0.15, 0.2) is 6.10 Å². The zero-order valence-electron chi connectivity index (χ0n) is 11.1. The highest BCUT2D eigenvalue weighted by Crippen LogP contribution is 2.19. The topological polar surface area (TPSA) is 107 Å². The van der Waals surface area contributed by atoms with Crippen molar-refractivity contribution in [2.45, 2.75) is 32.4 Å². The molecular weight excluding hydrogens is 246 g/mol. The van der Waals surface area contributed by atoms with Crippen LogP contribution in [0.25, 0.3) is 0 Å². The van der Waals surface area contributed by atoms with Gasteiger partial charge in [0.2, 0.25) is 0 Å². The second-order valence-electron chi connectivity index (χ2n) is 4.20. The lowest BCUT2D eigenvalue weighted by Crippen LogP contribution is -2.42. The Kier molecular flexibility index (Phi) is 5.32. The Bertz CT molecular complexity index is 445. The number of nitrogens with two attached hydrogens (primary N) is 2. The molecule has 0 aliphatic carbocycles. The lowest BCUT2D eigenvalue weighted by atomic mass is 10.1. The smallest absolute Gasteiger partial charge is 0.318 e. The number of benzene rings is 1. The van der Waals surface area contributed by atoms with E-state index in [1.807, 2.05) is 24.4 Å². The minimum Gasteiger partial charge on any atom is -0.481 e. The Labute approximate surface area is 112 Å². The number of carbonyl (C=O) groups is 2. The van der Waals surface area contributed by atoms with E-state index in [2.05, 4.69) is 0 Å². The van der Waals surface area contributed by atoms with Crippen molar-refractivity contribution in [1.82, 2.24) is 5.32 Å². The summed E-state index contributed by atoms with van der Waals surface area (Å²) in [4.78, 5) is 22.0. The molecule has 0 saturated heterocycles. The van der Waals surface area contributed by atoms with Gasteiger partial charge in [-0.15, -0.1) is 0 Å². The molecule has 6 nitrogen and oxygen atoms in total. The molecule has 0 aliphatic heterocycles. The summed E-state index contributed by atoms with van der Waals surface area (Å²) < 4.78 is 5.38. The van der Waals surface area contributed by atoms with E-state index in [4.69, 9.17) is 16.2 Å². The maximum absolute atomic E-state index is 11.4. The van der Waals surface area contributed by atoms with Gasteiger partial charge in [0, 0.05) is 6.04 Å². The van der Waals surface area contributed by atoms with Gasteiger partial charge in [0.25, 0.3) is 5.91 Å². The van der Waals surface area contributed by atoms with E-state index in [1.165, 1.54) is 6.92 Å². The number of primary amides is 1. The van der Waals surface area contributed by atoms with Gasteiger partial charge in [0.05, 0.1) is 0 Å². The molecule has 19 heavy (non-hydrogen) atoms. The molecule has 0 aromatic heterocycles. The zero-order valence-corrected chi connectivity index (χ0v) is 11.1. The van der Waals surface area contributed by atoms with Gasteiger partial charge in [-0.2, -0.15) is 0 Å². The Morgan fingerprint density at radius 2 is 1.89 bits per heavy atom. The summed E-state index contributed by atoms with van der Waals surface area (Å²) in [5, 5.41) is 1.96. The zero-order chi connectivity index (χ0) is 14.4. The van der Waals surface area contributed by atoms with E-state index in [-0.39, 0.29) is 6.04 Å². The van der Waals surface area contributed by atoms with Crippen LogP contribution in [0.3, 0.4) is 0 Å². The normalized spacial score (nSPS) is 13.4. The van der Waals surface area contributed by atoms with Crippen molar-refractivity contribution < 1.29 is 14.3 Å². The van der Waals surface area contributed by atoms with Crippen LogP contribution in [0.5, 0.6) is 5.75 Å². The highest BCUT2D eigenvalue weighted by molar-refractivity contribution is 5.95. The Morgan fingerprint density at radius 3 is 2.37 bits per heavy atom. The first-order valence-corrected chi connectivity index (χ1v) is 6.06. The van der Waals surface area contributed by atoms with Crippen molar-refractivity contribution in [3.05, 3.63) is 29.8 Å². The Balaban J connectivity index is 2.62. The van der Waals surface area contributed by atoms with Gasteiger partial charge in [-0.3, -0.25) is 10.1 Å². The molecule has 0 bridgehead atoms. The molecule has 0 aliphatic rings. The van der Waals surface area contributed by atoms with Gasteiger partial charge < -0.3 is 16.2 Å². The first-order chi connectivity index (χ1) is 8.93. The van der Waals surface area contributed by atoms with Crippen molar-refractivity contribution in [2.24, 2.45) is 11.5 Å². The third-order valence-electron chi connectivity index (χ3n) is 2.68. The predicted octanol–water partition coefficient (Wildman–Crippen LogP) is 1.06. The van der Waals surface area contributed by atoms with Crippen molar-refractivity contribution in [3.63, 3.8) is 0 Å². The number of ether oxygens (including phenoxy) is 1. The number of carbonyl (C=O) groups excluding carboxylic acids is 2. The highest BCUT2D eigenvalue weighted by Gasteiger charge is 2.16. The lowest BCUT2D eigenvalue weighted by molar-refractivity contribution is -0.126. The van der Waals surface area contributed by atoms with Gasteiger partial charge in [-0.25, -0.2) is 4.79 Å². The molecule has 1 aromatic carbocycles. The standard InChI is InChI=1S/C13H19N3O3/c1-3-11(14)9-4-6-10(7-5-9)19-8(2)12(17)16-13(15)18/h4-8,11H,3,14H2,1-2H3,(H3,15,16,17,18)/t8?,11-/m1/s1. The molecule has 1 unspecified atom stereocenters.